The van der Waals surface area contributed by atoms with Crippen LogP contribution in [0.15, 0.2) is 47.5 Å². The van der Waals surface area contributed by atoms with Crippen molar-refractivity contribution in [2.75, 3.05) is 90.7 Å². The van der Waals surface area contributed by atoms with E-state index in [1.54, 1.807) is 24.0 Å². The van der Waals surface area contributed by atoms with Gasteiger partial charge < -0.3 is 39.1 Å². The molecule has 1 fully saturated rings. The molecule has 0 saturated carbocycles. The van der Waals surface area contributed by atoms with Crippen molar-refractivity contribution >= 4 is 80.8 Å². The largest absolute Gasteiger partial charge is 0.483 e. The van der Waals surface area contributed by atoms with Crippen LogP contribution >= 0.6 is 22.9 Å². The average molecular weight is 980 g/mol. The normalized spacial score (nSPS) is 16.8. The zero-order chi connectivity index (χ0) is 48.7. The number of fused-ring (bicyclic) bond motifs is 2. The molecular weight excluding hydrogens is 924 g/mol. The second-order valence-electron chi connectivity index (χ2n) is 15.7. The number of carbonyl (C=O) groups is 6. The zero-order valence-electron chi connectivity index (χ0n) is 38.0. The Labute approximate surface area is 402 Å². The number of halogens is 1. The van der Waals surface area contributed by atoms with E-state index in [1.165, 1.54) is 29.5 Å². The number of anilines is 1. The number of hydrogen-bond donors (Lipinski definition) is 5. The minimum absolute atomic E-state index is 0.000168. The number of imide groups is 2. The number of hydrogen-bond acceptors (Lipinski definition) is 16. The highest BCUT2D eigenvalue weighted by atomic mass is 35.5. The van der Waals surface area contributed by atoms with Gasteiger partial charge in [0.1, 0.15) is 34.5 Å². The number of carbonyl (C=O) groups excluding carboxylic acids is 6. The molecule has 3 aromatic rings. The smallest absolute Gasteiger partial charge is 0.266 e. The van der Waals surface area contributed by atoms with Gasteiger partial charge in [-0.05, 0) is 57.0 Å². The van der Waals surface area contributed by atoms with Crippen LogP contribution < -0.4 is 25.6 Å². The molecule has 0 spiro atoms. The van der Waals surface area contributed by atoms with Crippen LogP contribution in [0, 0.1) is 24.7 Å². The summed E-state index contributed by atoms with van der Waals surface area (Å²) < 4.78 is 33.2. The number of thiophene rings is 1. The van der Waals surface area contributed by atoms with Gasteiger partial charge >= 0.3 is 0 Å². The molecule has 5 N–H and O–H groups in total. The Kier molecular flexibility index (Phi) is 18.8. The maximum Gasteiger partial charge on any atom is 0.266 e. The summed E-state index contributed by atoms with van der Waals surface area (Å²) in [6.45, 7) is 8.84. The molecule has 1 saturated heterocycles. The molecule has 22 heteroatoms. The van der Waals surface area contributed by atoms with Gasteiger partial charge in [-0.15, -0.1) is 11.3 Å². The Balaban J connectivity index is 0.756. The third kappa shape index (κ3) is 13.2. The number of piperidine rings is 1. The third-order valence-corrected chi connectivity index (χ3v) is 12.3. The highest BCUT2D eigenvalue weighted by Crippen LogP contribution is 2.40. The lowest BCUT2D eigenvalue weighted by atomic mass is 9.99. The number of amides is 6. The molecule has 364 valence electrons. The Morgan fingerprint density at radius 2 is 1.41 bits per heavy atom. The quantitative estimate of drug-likeness (QED) is 0.0354. The van der Waals surface area contributed by atoms with E-state index in [0.717, 1.165) is 31.5 Å². The molecule has 4 heterocycles. The molecule has 6 rings (SSSR count). The van der Waals surface area contributed by atoms with Crippen LogP contribution in [0.5, 0.6) is 5.75 Å². The predicted molar refractivity (Wildman–Crippen MR) is 252 cm³/mol. The Morgan fingerprint density at radius 1 is 0.824 bits per heavy atom. The molecule has 1 unspecified atom stereocenters. The van der Waals surface area contributed by atoms with Crippen LogP contribution in [0.1, 0.15) is 68.5 Å². The van der Waals surface area contributed by atoms with Gasteiger partial charge in [-0.25, -0.2) is 0 Å². The van der Waals surface area contributed by atoms with Crippen LogP contribution in [0.4, 0.5) is 5.00 Å². The van der Waals surface area contributed by atoms with Crippen LogP contribution in [0.2, 0.25) is 5.02 Å². The molecule has 2 atom stereocenters. The van der Waals surface area contributed by atoms with Crippen molar-refractivity contribution in [3.05, 3.63) is 80.2 Å². The minimum Gasteiger partial charge on any atom is -0.483 e. The number of nitrogens with zero attached hydrogens (tertiary/aromatic N) is 3. The maximum absolute atomic E-state index is 13.2. The van der Waals surface area contributed by atoms with Crippen molar-refractivity contribution in [2.45, 2.75) is 52.1 Å². The predicted octanol–water partition coefficient (Wildman–Crippen LogP) is 3.20. The third-order valence-electron chi connectivity index (χ3n) is 10.9. The van der Waals surface area contributed by atoms with Gasteiger partial charge in [-0.3, -0.25) is 59.7 Å². The molecule has 2 aromatic carbocycles. The molecule has 0 bridgehead atoms. The number of ether oxygens (including phenoxy) is 6. The standard InChI is InChI=1S/C46H55ClN8O12S/c1-27-28(2)68-46-39(27)41(30-7-9-31(47)10-8-30)52-33(42(49)54(46)29(3)48)25-37(57)50-13-15-62-17-19-64-21-23-66-24-22-65-20-18-63-16-14-51-38(58)26-67-35-6-4-5-32-40(35)45(61)55(44(32)60)34-11-12-36(56)53-43(34)59/h4-10,33-34,48-49H,11-26H2,1-3H3,(H,50,57)(H,51,58)(H,53,56,59)/t33-,34?/m0/s1. The van der Waals surface area contributed by atoms with Crippen LogP contribution in [-0.4, -0.2) is 156 Å². The number of amidine groups is 2. The van der Waals surface area contributed by atoms with Gasteiger partial charge in [0.2, 0.25) is 17.7 Å². The number of aliphatic imine (C=N–C) groups is 1. The van der Waals surface area contributed by atoms with Gasteiger partial charge in [0, 0.05) is 40.5 Å². The molecule has 6 amide bonds. The van der Waals surface area contributed by atoms with Crippen molar-refractivity contribution in [3.8, 4) is 5.75 Å². The lowest BCUT2D eigenvalue weighted by Crippen LogP contribution is -2.54. The Morgan fingerprint density at radius 3 is 2.00 bits per heavy atom. The van der Waals surface area contributed by atoms with E-state index in [4.69, 9.17) is 55.8 Å². The van der Waals surface area contributed by atoms with Gasteiger partial charge in [-0.1, -0.05) is 29.8 Å². The summed E-state index contributed by atoms with van der Waals surface area (Å²) in [5, 5.41) is 26.5. The first kappa shape index (κ1) is 51.5. The zero-order valence-corrected chi connectivity index (χ0v) is 39.6. The fourth-order valence-corrected chi connectivity index (χ4v) is 8.79. The molecule has 20 nitrogen and oxygen atoms in total. The summed E-state index contributed by atoms with van der Waals surface area (Å²) in [7, 11) is 0. The Hall–Kier alpha value is -5.94. The second-order valence-corrected chi connectivity index (χ2v) is 17.3. The molecule has 3 aliphatic heterocycles. The summed E-state index contributed by atoms with van der Waals surface area (Å²) in [5.74, 6) is -3.11. The summed E-state index contributed by atoms with van der Waals surface area (Å²) in [6, 6.07) is 9.77. The topological polar surface area (TPSA) is 260 Å². The van der Waals surface area contributed by atoms with E-state index in [-0.39, 0.29) is 80.0 Å². The molecule has 0 aliphatic carbocycles. The SMILES string of the molecule is CC(=N)N1C(=N)[C@H](CC(=O)NCCOCCOCCOCCOCCOCCNC(=O)COc2cccc3c2C(=O)N(C2CCC(=O)NC2=O)C3=O)N=C(c2ccc(Cl)cc2)c2c1sc(C)c2C. The van der Waals surface area contributed by atoms with Crippen LogP contribution in [0.3, 0.4) is 0 Å². The van der Waals surface area contributed by atoms with E-state index in [2.05, 4.69) is 16.0 Å². The van der Waals surface area contributed by atoms with Gasteiger partial charge in [0.05, 0.1) is 89.3 Å². The summed E-state index contributed by atoms with van der Waals surface area (Å²) in [5.41, 5.74) is 3.32. The lowest BCUT2D eigenvalue weighted by Gasteiger charge is -2.27. The first-order valence-corrected chi connectivity index (χ1v) is 23.2. The van der Waals surface area contributed by atoms with Crippen molar-refractivity contribution < 1.29 is 57.2 Å². The van der Waals surface area contributed by atoms with Gasteiger partial charge in [-0.2, -0.15) is 0 Å². The summed E-state index contributed by atoms with van der Waals surface area (Å²) in [6.07, 6.45) is -0.0551. The summed E-state index contributed by atoms with van der Waals surface area (Å²) in [4.78, 5) is 83.9. The van der Waals surface area contributed by atoms with Crippen LogP contribution in [-0.2, 0) is 42.9 Å². The number of nitrogens with one attached hydrogen (secondary N) is 5. The number of aryl methyl sites for hydroxylation is 1. The lowest BCUT2D eigenvalue weighted by molar-refractivity contribution is -0.136. The molecule has 68 heavy (non-hydrogen) atoms. The first-order valence-electron chi connectivity index (χ1n) is 22.0. The van der Waals surface area contributed by atoms with E-state index in [1.807, 2.05) is 26.0 Å². The van der Waals surface area contributed by atoms with Crippen molar-refractivity contribution in [3.63, 3.8) is 0 Å². The minimum atomic E-state index is -1.11. The fraction of sp³-hybridized carbons (Fsp3) is 0.457. The van der Waals surface area contributed by atoms with Crippen molar-refractivity contribution in [1.82, 2.24) is 20.9 Å². The molecule has 3 aliphatic rings. The monoisotopic (exact) mass is 978 g/mol. The average Bonchev–Trinajstić information content (AvgIpc) is 3.69. The van der Waals surface area contributed by atoms with Gasteiger partial charge in [0.25, 0.3) is 17.7 Å². The van der Waals surface area contributed by atoms with Crippen LogP contribution in [0.25, 0.3) is 0 Å². The van der Waals surface area contributed by atoms with E-state index in [9.17, 15) is 28.8 Å². The first-order chi connectivity index (χ1) is 32.8. The highest BCUT2D eigenvalue weighted by molar-refractivity contribution is 7.17. The molecule has 0 radical (unpaired) electrons. The maximum atomic E-state index is 13.2. The van der Waals surface area contributed by atoms with Crippen molar-refractivity contribution in [2.24, 2.45) is 4.99 Å². The summed E-state index contributed by atoms with van der Waals surface area (Å²) >= 11 is 7.67. The van der Waals surface area contributed by atoms with E-state index < -0.39 is 48.2 Å². The van der Waals surface area contributed by atoms with Gasteiger partial charge in [0.15, 0.2) is 6.61 Å². The number of rotatable bonds is 25. The molecule has 1 aromatic heterocycles. The fourth-order valence-electron chi connectivity index (χ4n) is 7.44. The van der Waals surface area contributed by atoms with Crippen molar-refractivity contribution in [1.29, 1.82) is 10.8 Å². The number of benzene rings is 2. The highest BCUT2D eigenvalue weighted by Gasteiger charge is 2.46. The van der Waals surface area contributed by atoms with E-state index in [0.29, 0.717) is 63.6 Å². The van der Waals surface area contributed by atoms with E-state index >= 15 is 0 Å². The second kappa shape index (κ2) is 24.9. The molecular formula is C46H55ClN8O12S. The Bertz CT molecular complexity index is 2410.